The summed E-state index contributed by atoms with van der Waals surface area (Å²) in [5, 5.41) is 7.81. The number of aryl methyl sites for hydroxylation is 1. The largest absolute Gasteiger partial charge is 0.384 e. The van der Waals surface area contributed by atoms with Crippen molar-refractivity contribution in [1.29, 1.82) is 5.41 Å². The molecule has 0 amide bonds. The maximum absolute atomic E-state index is 7.81. The quantitative estimate of drug-likeness (QED) is 0.662. The third-order valence-electron chi connectivity index (χ3n) is 5.00. The van der Waals surface area contributed by atoms with Gasteiger partial charge in [-0.15, -0.1) is 0 Å². The highest BCUT2D eigenvalue weighted by molar-refractivity contribution is 6.01. The highest BCUT2D eigenvalue weighted by Gasteiger charge is 2.27. The van der Waals surface area contributed by atoms with Crippen molar-refractivity contribution in [2.24, 2.45) is 5.73 Å². The Labute approximate surface area is 127 Å². The SMILES string of the molecule is Cc1cccc(C(=N)N)c1N1CCN(C2CCCC2)CC1. The zero-order valence-corrected chi connectivity index (χ0v) is 12.9. The molecule has 1 heterocycles. The fourth-order valence-electron chi connectivity index (χ4n) is 3.88. The first-order valence-corrected chi connectivity index (χ1v) is 8.10. The van der Waals surface area contributed by atoms with E-state index in [1.807, 2.05) is 12.1 Å². The molecule has 2 aliphatic rings. The van der Waals surface area contributed by atoms with Crippen LogP contribution in [0.2, 0.25) is 0 Å². The van der Waals surface area contributed by atoms with Gasteiger partial charge in [0.15, 0.2) is 0 Å². The van der Waals surface area contributed by atoms with Crippen molar-refractivity contribution in [3.8, 4) is 0 Å². The second-order valence-electron chi connectivity index (χ2n) is 6.35. The molecule has 1 aliphatic heterocycles. The molecule has 3 rings (SSSR count). The van der Waals surface area contributed by atoms with Gasteiger partial charge in [0.1, 0.15) is 5.84 Å². The third-order valence-corrected chi connectivity index (χ3v) is 5.00. The number of nitrogens with two attached hydrogens (primary N) is 1. The lowest BCUT2D eigenvalue weighted by atomic mass is 10.0. The van der Waals surface area contributed by atoms with Crippen LogP contribution in [0.4, 0.5) is 5.69 Å². The van der Waals surface area contributed by atoms with E-state index in [9.17, 15) is 0 Å². The highest BCUT2D eigenvalue weighted by Crippen LogP contribution is 2.29. The van der Waals surface area contributed by atoms with Gasteiger partial charge < -0.3 is 10.6 Å². The normalized spacial score (nSPS) is 20.9. The van der Waals surface area contributed by atoms with Crippen LogP contribution in [0.15, 0.2) is 18.2 Å². The first-order chi connectivity index (χ1) is 10.2. The smallest absolute Gasteiger partial charge is 0.124 e. The van der Waals surface area contributed by atoms with Gasteiger partial charge in [0.25, 0.3) is 0 Å². The number of amidine groups is 1. The number of piperazine rings is 1. The van der Waals surface area contributed by atoms with Gasteiger partial charge in [0.2, 0.25) is 0 Å². The maximum Gasteiger partial charge on any atom is 0.124 e. The Morgan fingerprint density at radius 2 is 1.81 bits per heavy atom. The molecule has 1 aromatic carbocycles. The standard InChI is InChI=1S/C17H26N4/c1-13-5-4-8-15(17(18)19)16(13)21-11-9-20(10-12-21)14-6-2-3-7-14/h4-5,8,14H,2-3,6-7,9-12H2,1H3,(H3,18,19). The van der Waals surface area contributed by atoms with Crippen LogP contribution in [0.1, 0.15) is 36.8 Å². The first kappa shape index (κ1) is 14.4. The molecule has 0 aromatic heterocycles. The second kappa shape index (κ2) is 6.06. The van der Waals surface area contributed by atoms with Gasteiger partial charge >= 0.3 is 0 Å². The Morgan fingerprint density at radius 1 is 1.14 bits per heavy atom. The molecule has 0 atom stereocenters. The number of para-hydroxylation sites is 1. The van der Waals surface area contributed by atoms with Crippen molar-refractivity contribution in [1.82, 2.24) is 4.90 Å². The highest BCUT2D eigenvalue weighted by atomic mass is 15.3. The lowest BCUT2D eigenvalue weighted by molar-refractivity contribution is 0.187. The fraction of sp³-hybridized carbons (Fsp3) is 0.588. The average Bonchev–Trinajstić information content (AvgIpc) is 3.01. The summed E-state index contributed by atoms with van der Waals surface area (Å²) in [7, 11) is 0. The Hall–Kier alpha value is -1.55. The molecule has 1 saturated carbocycles. The van der Waals surface area contributed by atoms with Crippen LogP contribution in [0.3, 0.4) is 0 Å². The molecule has 0 unspecified atom stereocenters. The van der Waals surface area contributed by atoms with Gasteiger partial charge in [-0.3, -0.25) is 10.3 Å². The van der Waals surface area contributed by atoms with Crippen LogP contribution >= 0.6 is 0 Å². The summed E-state index contributed by atoms with van der Waals surface area (Å²) in [6.45, 7) is 6.47. The Morgan fingerprint density at radius 3 is 2.43 bits per heavy atom. The number of nitrogens with one attached hydrogen (secondary N) is 1. The van der Waals surface area contributed by atoms with Crippen LogP contribution in [0, 0.1) is 12.3 Å². The van der Waals surface area contributed by atoms with Crippen molar-refractivity contribution < 1.29 is 0 Å². The van der Waals surface area contributed by atoms with Gasteiger partial charge in [-0.05, 0) is 31.4 Å². The van der Waals surface area contributed by atoms with E-state index in [-0.39, 0.29) is 5.84 Å². The third kappa shape index (κ3) is 2.91. The van der Waals surface area contributed by atoms with Gasteiger partial charge in [0.05, 0.1) is 5.69 Å². The number of nitrogens with zero attached hydrogens (tertiary/aromatic N) is 2. The minimum Gasteiger partial charge on any atom is -0.384 e. The van der Waals surface area contributed by atoms with E-state index in [4.69, 9.17) is 11.1 Å². The van der Waals surface area contributed by atoms with Crippen molar-refractivity contribution >= 4 is 11.5 Å². The van der Waals surface area contributed by atoms with Gasteiger partial charge in [-0.1, -0.05) is 25.0 Å². The van der Waals surface area contributed by atoms with Crippen molar-refractivity contribution in [3.63, 3.8) is 0 Å². The van der Waals surface area contributed by atoms with Gasteiger partial charge in [0, 0.05) is 37.8 Å². The van der Waals surface area contributed by atoms with Gasteiger partial charge in [-0.25, -0.2) is 0 Å². The molecule has 4 nitrogen and oxygen atoms in total. The molecule has 0 radical (unpaired) electrons. The van der Waals surface area contributed by atoms with Crippen LogP contribution in [0.25, 0.3) is 0 Å². The zero-order chi connectivity index (χ0) is 14.8. The average molecular weight is 286 g/mol. The molecule has 1 saturated heterocycles. The van der Waals surface area contributed by atoms with Crippen LogP contribution < -0.4 is 10.6 Å². The zero-order valence-electron chi connectivity index (χ0n) is 12.9. The minimum atomic E-state index is 0.173. The van der Waals surface area contributed by atoms with E-state index in [0.29, 0.717) is 0 Å². The predicted molar refractivity (Wildman–Crippen MR) is 88.2 cm³/mol. The van der Waals surface area contributed by atoms with Crippen molar-refractivity contribution in [2.45, 2.75) is 38.6 Å². The molecule has 0 spiro atoms. The lowest BCUT2D eigenvalue weighted by Gasteiger charge is -2.40. The Kier molecular flexibility index (Phi) is 4.15. The van der Waals surface area contributed by atoms with Crippen LogP contribution in [-0.4, -0.2) is 43.0 Å². The summed E-state index contributed by atoms with van der Waals surface area (Å²) in [5.41, 5.74) is 9.02. The molecule has 3 N–H and O–H groups in total. The Balaban J connectivity index is 1.73. The second-order valence-corrected chi connectivity index (χ2v) is 6.35. The summed E-state index contributed by atoms with van der Waals surface area (Å²) >= 11 is 0. The minimum absolute atomic E-state index is 0.173. The van der Waals surface area contributed by atoms with E-state index in [2.05, 4.69) is 22.8 Å². The number of anilines is 1. The summed E-state index contributed by atoms with van der Waals surface area (Å²) < 4.78 is 0. The van der Waals surface area contributed by atoms with Crippen molar-refractivity contribution in [3.05, 3.63) is 29.3 Å². The Bertz CT molecular complexity index is 512. The topological polar surface area (TPSA) is 56.4 Å². The summed E-state index contributed by atoms with van der Waals surface area (Å²) in [6, 6.07) is 6.89. The molecule has 1 aliphatic carbocycles. The lowest BCUT2D eigenvalue weighted by Crippen LogP contribution is -2.50. The number of hydrogen-bond donors (Lipinski definition) is 2. The molecule has 1 aromatic rings. The first-order valence-electron chi connectivity index (χ1n) is 8.10. The monoisotopic (exact) mass is 286 g/mol. The summed E-state index contributed by atoms with van der Waals surface area (Å²) in [6.07, 6.45) is 5.56. The van der Waals surface area contributed by atoms with Crippen LogP contribution in [-0.2, 0) is 0 Å². The van der Waals surface area contributed by atoms with E-state index >= 15 is 0 Å². The molecule has 2 fully saturated rings. The molecule has 0 bridgehead atoms. The van der Waals surface area contributed by atoms with E-state index in [1.165, 1.54) is 31.2 Å². The van der Waals surface area contributed by atoms with E-state index < -0.39 is 0 Å². The predicted octanol–water partition coefficient (Wildman–Crippen LogP) is 2.34. The molecular formula is C17H26N4. The number of hydrogen-bond acceptors (Lipinski definition) is 3. The molecular weight excluding hydrogens is 260 g/mol. The number of nitrogen functional groups attached to an aromatic ring is 1. The number of benzene rings is 1. The maximum atomic E-state index is 7.81. The van der Waals surface area contributed by atoms with E-state index in [1.54, 1.807) is 0 Å². The van der Waals surface area contributed by atoms with Crippen LogP contribution in [0.5, 0.6) is 0 Å². The number of rotatable bonds is 3. The van der Waals surface area contributed by atoms with E-state index in [0.717, 1.165) is 43.5 Å². The summed E-state index contributed by atoms with van der Waals surface area (Å²) in [4.78, 5) is 5.08. The molecule has 114 valence electrons. The van der Waals surface area contributed by atoms with Gasteiger partial charge in [-0.2, -0.15) is 0 Å². The molecule has 4 heteroatoms. The summed E-state index contributed by atoms with van der Waals surface area (Å²) in [5.74, 6) is 0.173. The fourth-order valence-corrected chi connectivity index (χ4v) is 3.88. The molecule has 21 heavy (non-hydrogen) atoms. The van der Waals surface area contributed by atoms with Crippen molar-refractivity contribution in [2.75, 3.05) is 31.1 Å².